The van der Waals surface area contributed by atoms with Gasteiger partial charge in [0.2, 0.25) is 11.9 Å². The Morgan fingerprint density at radius 3 is 1.27 bits per heavy atom. The molecule has 3 aromatic heterocycles. The molecule has 0 aliphatic carbocycles. The van der Waals surface area contributed by atoms with Crippen LogP contribution >= 0.6 is 0 Å². The van der Waals surface area contributed by atoms with Gasteiger partial charge in [-0.3, -0.25) is 9.88 Å². The normalized spacial score (nSPS) is 11.9. The molecule has 3 heterocycles. The fraction of sp³-hybridized carbons (Fsp3) is 0.250. The van der Waals surface area contributed by atoms with Gasteiger partial charge in [-0.05, 0) is 36.4 Å². The van der Waals surface area contributed by atoms with Crippen LogP contribution in [0.4, 0.5) is 35.1 Å². The summed E-state index contributed by atoms with van der Waals surface area (Å²) < 4.78 is 144. The summed E-state index contributed by atoms with van der Waals surface area (Å²) in [5.41, 5.74) is -9.23. The van der Waals surface area contributed by atoms with Gasteiger partial charge in [-0.25, -0.2) is 26.8 Å². The van der Waals surface area contributed by atoms with Crippen LogP contribution in [0.25, 0.3) is 0 Å². The third kappa shape index (κ3) is 15.1. The summed E-state index contributed by atoms with van der Waals surface area (Å²) in [4.78, 5) is 14.1. The van der Waals surface area contributed by atoms with Crippen LogP contribution < -0.4 is 0 Å². The van der Waals surface area contributed by atoms with E-state index >= 15 is 0 Å². The fourth-order valence-corrected chi connectivity index (χ4v) is 2.42. The molecule has 0 amide bonds. The Labute approximate surface area is 238 Å². The third-order valence-electron chi connectivity index (χ3n) is 4.00. The van der Waals surface area contributed by atoms with Crippen molar-refractivity contribution in [1.82, 2.24) is 19.9 Å². The van der Waals surface area contributed by atoms with Crippen molar-refractivity contribution in [3.05, 3.63) is 89.8 Å². The molecule has 0 radical (unpaired) electrons. The second-order valence-electron chi connectivity index (χ2n) is 7.17. The molecule has 0 saturated carbocycles. The van der Waals surface area contributed by atoms with Gasteiger partial charge in [0.1, 0.15) is 0 Å². The van der Waals surface area contributed by atoms with Crippen molar-refractivity contribution in [2.75, 3.05) is 0 Å². The Morgan fingerprint density at radius 2 is 0.976 bits per heavy atom. The summed E-state index contributed by atoms with van der Waals surface area (Å²) in [6.07, 6.45) is 1.72. The van der Waals surface area contributed by atoms with Crippen molar-refractivity contribution in [2.45, 2.75) is 30.7 Å². The van der Waals surface area contributed by atoms with E-state index in [0.717, 1.165) is 5.69 Å². The Hall–Kier alpha value is -2.81. The van der Waals surface area contributed by atoms with Crippen LogP contribution in [0.1, 0.15) is 17.1 Å². The average Bonchev–Trinajstić information content (AvgIpc) is 2.78. The van der Waals surface area contributed by atoms with Crippen LogP contribution in [0, 0.1) is 11.9 Å². The number of hydrogen-bond acceptors (Lipinski definition) is 10. The molecule has 0 atom stereocenters. The van der Waals surface area contributed by atoms with Crippen molar-refractivity contribution in [3.8, 4) is 0 Å². The zero-order valence-electron chi connectivity index (χ0n) is 19.8. The Kier molecular flexibility index (Phi) is 14.9. The molecule has 0 aliphatic heterocycles. The van der Waals surface area contributed by atoms with E-state index in [1.807, 2.05) is 23.1 Å². The van der Waals surface area contributed by atoms with Gasteiger partial charge in [-0.1, -0.05) is 18.2 Å². The monoisotopic (exact) mass is 680 g/mol. The molecule has 0 fully saturated rings. The minimum absolute atomic E-state index is 0. The van der Waals surface area contributed by atoms with E-state index in [2.05, 4.69) is 15.0 Å². The number of rotatable bonds is 6. The van der Waals surface area contributed by atoms with Crippen LogP contribution in [0.15, 0.2) is 60.8 Å². The molecule has 3 rings (SSSR count). The standard InChI is InChI=1S/C18H16F2N4.2CHF3O3S.Fe/c19-17-8-3-6-15(22-17)12-24(11-14-5-1-2-10-21-14)13-16-7-4-9-18(20)23-16;2*2-1(3,4)8(5,6)7;/h1-10H,11-13H2;2*(H,5,6,7);/q;;;+2/p-2. The number of alkyl halides is 6. The fourth-order valence-electron chi connectivity index (χ4n) is 2.42. The predicted octanol–water partition coefficient (Wildman–Crippen LogP) is 3.45. The first-order valence-electron chi connectivity index (χ1n) is 10.1. The zero-order valence-corrected chi connectivity index (χ0v) is 22.6. The second kappa shape index (κ2) is 16.0. The molecular formula is C20H16F8FeN4O6S2. The van der Waals surface area contributed by atoms with Crippen LogP contribution in [0.5, 0.6) is 0 Å². The molecule has 21 heteroatoms. The molecule has 0 N–H and O–H groups in total. The van der Waals surface area contributed by atoms with Crippen LogP contribution in [-0.4, -0.2) is 56.8 Å². The third-order valence-corrected chi connectivity index (χ3v) is 5.13. The van der Waals surface area contributed by atoms with E-state index in [0.29, 0.717) is 31.0 Å². The van der Waals surface area contributed by atoms with Crippen molar-refractivity contribution in [2.24, 2.45) is 0 Å². The Bertz CT molecular complexity index is 1360. The molecule has 10 nitrogen and oxygen atoms in total. The molecule has 0 unspecified atom stereocenters. The van der Waals surface area contributed by atoms with Gasteiger partial charge < -0.3 is 9.11 Å². The maximum absolute atomic E-state index is 13.3. The minimum Gasteiger partial charge on any atom is -0.741 e. The summed E-state index contributed by atoms with van der Waals surface area (Å²) in [5.74, 6) is -1.04. The van der Waals surface area contributed by atoms with Gasteiger partial charge >= 0.3 is 28.1 Å². The first kappa shape index (κ1) is 38.2. The van der Waals surface area contributed by atoms with E-state index in [-0.39, 0.29) is 17.1 Å². The average molecular weight is 680 g/mol. The van der Waals surface area contributed by atoms with Gasteiger partial charge in [-0.15, -0.1) is 0 Å². The molecule has 228 valence electrons. The minimum atomic E-state index is -6.09. The summed E-state index contributed by atoms with van der Waals surface area (Å²) in [6.45, 7) is 1.34. The topological polar surface area (TPSA) is 156 Å². The molecule has 0 spiro atoms. The zero-order chi connectivity index (χ0) is 30.8. The second-order valence-corrected chi connectivity index (χ2v) is 9.91. The molecule has 41 heavy (non-hydrogen) atoms. The van der Waals surface area contributed by atoms with E-state index in [1.54, 1.807) is 30.5 Å². The van der Waals surface area contributed by atoms with Gasteiger partial charge in [0.25, 0.3) is 0 Å². The summed E-state index contributed by atoms with van der Waals surface area (Å²) in [6, 6.07) is 15.0. The molecule has 3 aromatic rings. The number of nitrogens with zero attached hydrogens (tertiary/aromatic N) is 4. The van der Waals surface area contributed by atoms with E-state index in [9.17, 15) is 35.1 Å². The number of hydrogen-bond donors (Lipinski definition) is 0. The van der Waals surface area contributed by atoms with E-state index in [1.165, 1.54) is 12.1 Å². The number of halogens is 8. The predicted molar refractivity (Wildman–Crippen MR) is 117 cm³/mol. The van der Waals surface area contributed by atoms with Crippen molar-refractivity contribution in [1.29, 1.82) is 0 Å². The first-order chi connectivity index (χ1) is 18.2. The summed E-state index contributed by atoms with van der Waals surface area (Å²) in [7, 11) is -12.2. The quantitative estimate of drug-likeness (QED) is 0.124. The molecule has 0 saturated heterocycles. The van der Waals surface area contributed by atoms with Gasteiger partial charge in [0.05, 0.1) is 17.1 Å². The van der Waals surface area contributed by atoms with E-state index < -0.39 is 43.1 Å². The number of aromatic nitrogens is 3. The van der Waals surface area contributed by atoms with Crippen LogP contribution in [0.3, 0.4) is 0 Å². The van der Waals surface area contributed by atoms with Crippen molar-refractivity contribution < 1.29 is 78.1 Å². The van der Waals surface area contributed by atoms with Crippen LogP contribution in [0.2, 0.25) is 0 Å². The molecule has 0 aromatic carbocycles. The van der Waals surface area contributed by atoms with Crippen molar-refractivity contribution in [3.63, 3.8) is 0 Å². The summed E-state index contributed by atoms with van der Waals surface area (Å²) in [5, 5.41) is 0. The van der Waals surface area contributed by atoms with E-state index in [4.69, 9.17) is 25.9 Å². The molecule has 0 bridgehead atoms. The first-order valence-corrected chi connectivity index (χ1v) is 12.9. The Morgan fingerprint density at radius 1 is 0.634 bits per heavy atom. The number of pyridine rings is 3. The van der Waals surface area contributed by atoms with Gasteiger partial charge in [-0.2, -0.15) is 35.1 Å². The largest absolute Gasteiger partial charge is 2.00 e. The van der Waals surface area contributed by atoms with Crippen LogP contribution in [-0.2, 0) is 56.9 Å². The molecule has 0 aliphatic rings. The summed E-state index contributed by atoms with van der Waals surface area (Å²) >= 11 is 0. The van der Waals surface area contributed by atoms with Gasteiger partial charge in [0, 0.05) is 25.8 Å². The SMILES string of the molecule is Fc1cccc(CN(Cc2ccccn2)Cc2cccc(F)n2)n1.O=S(=O)([O-])C(F)(F)F.O=S(=O)([O-])C(F)(F)F.[Fe+2]. The molecular weight excluding hydrogens is 664 g/mol. The van der Waals surface area contributed by atoms with Gasteiger partial charge in [0.15, 0.2) is 20.2 Å². The smallest absolute Gasteiger partial charge is 0.741 e. The van der Waals surface area contributed by atoms with Crippen molar-refractivity contribution >= 4 is 20.2 Å². The maximum atomic E-state index is 13.3. The maximum Gasteiger partial charge on any atom is 2.00 e. The Balaban J connectivity index is 0.000000781.